The Bertz CT molecular complexity index is 300. The molecule has 0 aliphatic heterocycles. The number of halogens is 1. The third-order valence-corrected chi connectivity index (χ3v) is 3.22. The van der Waals surface area contributed by atoms with Crippen molar-refractivity contribution in [2.75, 3.05) is 11.9 Å². The summed E-state index contributed by atoms with van der Waals surface area (Å²) in [6.07, 6.45) is 0.966. The molecule has 0 atom stereocenters. The zero-order chi connectivity index (χ0) is 11.3. The third-order valence-electron chi connectivity index (χ3n) is 2.07. The number of thiazole rings is 1. The van der Waals surface area contributed by atoms with Crippen molar-refractivity contribution >= 4 is 33.2 Å². The van der Waals surface area contributed by atoms with Crippen LogP contribution in [0.3, 0.4) is 0 Å². The summed E-state index contributed by atoms with van der Waals surface area (Å²) in [5.41, 5.74) is 2.25. The number of carbonyl (C=O) groups is 1. The lowest BCUT2D eigenvalue weighted by molar-refractivity contribution is 0.0701. The lowest BCUT2D eigenvalue weighted by Gasteiger charge is -2.25. The highest BCUT2D eigenvalue weighted by Gasteiger charge is 2.19. The van der Waals surface area contributed by atoms with Crippen LogP contribution in [0.4, 0.5) is 0 Å². The predicted molar refractivity (Wildman–Crippen MR) is 66.7 cm³/mol. The van der Waals surface area contributed by atoms with Crippen molar-refractivity contribution in [3.8, 4) is 0 Å². The molecule has 1 rings (SSSR count). The van der Waals surface area contributed by atoms with E-state index in [0.29, 0.717) is 5.69 Å². The topological polar surface area (TPSA) is 33.2 Å². The summed E-state index contributed by atoms with van der Waals surface area (Å²) in [6, 6.07) is 0.221. The molecule has 5 heteroatoms. The Morgan fingerprint density at radius 1 is 1.67 bits per heavy atom. The first-order valence-corrected chi connectivity index (χ1v) is 6.98. The summed E-state index contributed by atoms with van der Waals surface area (Å²) in [7, 11) is 0. The monoisotopic (exact) mass is 290 g/mol. The van der Waals surface area contributed by atoms with Crippen LogP contribution in [0.1, 0.15) is 30.8 Å². The highest BCUT2D eigenvalue weighted by Crippen LogP contribution is 2.10. The summed E-state index contributed by atoms with van der Waals surface area (Å²) in [5, 5.41) is 2.71. The molecule has 0 fully saturated rings. The minimum atomic E-state index is 0.0344. The first-order chi connectivity index (χ1) is 7.16. The maximum absolute atomic E-state index is 12.0. The van der Waals surface area contributed by atoms with Gasteiger partial charge in [-0.05, 0) is 20.3 Å². The number of rotatable bonds is 5. The molecule has 0 saturated heterocycles. The van der Waals surface area contributed by atoms with Crippen molar-refractivity contribution in [3.05, 3.63) is 16.6 Å². The molecule has 3 nitrogen and oxygen atoms in total. The van der Waals surface area contributed by atoms with E-state index in [9.17, 15) is 4.79 Å². The van der Waals surface area contributed by atoms with Crippen molar-refractivity contribution < 1.29 is 4.79 Å². The Kier molecular flexibility index (Phi) is 5.25. The van der Waals surface area contributed by atoms with E-state index in [2.05, 4.69) is 20.9 Å². The Hall–Kier alpha value is -0.420. The Morgan fingerprint density at radius 3 is 2.87 bits per heavy atom. The largest absolute Gasteiger partial charge is 0.335 e. The van der Waals surface area contributed by atoms with Crippen LogP contribution in [0.5, 0.6) is 0 Å². The number of hydrogen-bond acceptors (Lipinski definition) is 3. The van der Waals surface area contributed by atoms with E-state index in [1.807, 2.05) is 18.7 Å². The van der Waals surface area contributed by atoms with Crippen LogP contribution < -0.4 is 0 Å². The van der Waals surface area contributed by atoms with Crippen LogP contribution >= 0.6 is 27.3 Å². The van der Waals surface area contributed by atoms with Crippen molar-refractivity contribution in [3.63, 3.8) is 0 Å². The van der Waals surface area contributed by atoms with E-state index in [1.54, 1.807) is 10.9 Å². The molecule has 0 aliphatic rings. The maximum atomic E-state index is 12.0. The zero-order valence-electron chi connectivity index (χ0n) is 8.94. The molecule has 1 amide bonds. The average molecular weight is 291 g/mol. The maximum Gasteiger partial charge on any atom is 0.273 e. The fourth-order valence-corrected chi connectivity index (χ4v) is 2.07. The highest BCUT2D eigenvalue weighted by molar-refractivity contribution is 9.09. The quantitative estimate of drug-likeness (QED) is 0.782. The summed E-state index contributed by atoms with van der Waals surface area (Å²) >= 11 is 4.83. The van der Waals surface area contributed by atoms with E-state index in [4.69, 9.17) is 0 Å². The summed E-state index contributed by atoms with van der Waals surface area (Å²) in [6.45, 7) is 4.83. The first kappa shape index (κ1) is 12.6. The molecule has 0 N–H and O–H groups in total. The summed E-state index contributed by atoms with van der Waals surface area (Å²) in [4.78, 5) is 17.9. The van der Waals surface area contributed by atoms with Gasteiger partial charge >= 0.3 is 0 Å². The normalized spacial score (nSPS) is 10.7. The van der Waals surface area contributed by atoms with Gasteiger partial charge in [-0.2, -0.15) is 0 Å². The fraction of sp³-hybridized carbons (Fsp3) is 0.600. The van der Waals surface area contributed by atoms with E-state index >= 15 is 0 Å². The van der Waals surface area contributed by atoms with Crippen molar-refractivity contribution in [2.24, 2.45) is 0 Å². The van der Waals surface area contributed by atoms with Crippen LogP contribution in [0.15, 0.2) is 10.9 Å². The van der Waals surface area contributed by atoms with Gasteiger partial charge in [-0.15, -0.1) is 11.3 Å². The highest BCUT2D eigenvalue weighted by atomic mass is 79.9. The van der Waals surface area contributed by atoms with Crippen LogP contribution in [0, 0.1) is 0 Å². The van der Waals surface area contributed by atoms with E-state index in [-0.39, 0.29) is 11.9 Å². The van der Waals surface area contributed by atoms with Gasteiger partial charge < -0.3 is 4.90 Å². The average Bonchev–Trinajstić information content (AvgIpc) is 2.70. The van der Waals surface area contributed by atoms with Gasteiger partial charge in [-0.3, -0.25) is 4.79 Å². The SMILES string of the molecule is CC(C)N(CCCBr)C(=O)c1cscn1. The molecule has 0 bridgehead atoms. The van der Waals surface area contributed by atoms with E-state index in [1.165, 1.54) is 11.3 Å². The number of hydrogen-bond donors (Lipinski definition) is 0. The summed E-state index contributed by atoms with van der Waals surface area (Å²) < 4.78 is 0. The predicted octanol–water partition coefficient (Wildman–Crippen LogP) is 2.78. The molecule has 84 valence electrons. The van der Waals surface area contributed by atoms with Gasteiger partial charge in [0.2, 0.25) is 0 Å². The van der Waals surface area contributed by atoms with Crippen LogP contribution in [0.25, 0.3) is 0 Å². The molecule has 0 saturated carbocycles. The lowest BCUT2D eigenvalue weighted by atomic mass is 10.2. The number of nitrogens with zero attached hydrogens (tertiary/aromatic N) is 2. The zero-order valence-corrected chi connectivity index (χ0v) is 11.3. The van der Waals surface area contributed by atoms with E-state index < -0.39 is 0 Å². The molecule has 0 spiro atoms. The fourth-order valence-electron chi connectivity index (χ4n) is 1.29. The molecule has 0 aliphatic carbocycles. The first-order valence-electron chi connectivity index (χ1n) is 4.92. The second-order valence-electron chi connectivity index (χ2n) is 3.51. The van der Waals surface area contributed by atoms with Crippen LogP contribution in [-0.4, -0.2) is 33.7 Å². The van der Waals surface area contributed by atoms with Crippen molar-refractivity contribution in [1.82, 2.24) is 9.88 Å². The number of alkyl halides is 1. The lowest BCUT2D eigenvalue weighted by Crippen LogP contribution is -2.38. The van der Waals surface area contributed by atoms with Crippen molar-refractivity contribution in [2.45, 2.75) is 26.3 Å². The Morgan fingerprint density at radius 2 is 2.40 bits per heavy atom. The molecule has 0 radical (unpaired) electrons. The standard InChI is InChI=1S/C10H15BrN2OS/c1-8(2)13(5-3-4-11)10(14)9-6-15-7-12-9/h6-8H,3-5H2,1-2H3. The van der Waals surface area contributed by atoms with Gasteiger partial charge in [0, 0.05) is 23.3 Å². The molecule has 0 aromatic carbocycles. The number of amides is 1. The molecule has 1 heterocycles. The minimum Gasteiger partial charge on any atom is -0.335 e. The number of carbonyl (C=O) groups excluding carboxylic acids is 1. The van der Waals surface area contributed by atoms with Gasteiger partial charge in [0.25, 0.3) is 5.91 Å². The molecular formula is C10H15BrN2OS. The van der Waals surface area contributed by atoms with Gasteiger partial charge in [-0.25, -0.2) is 4.98 Å². The number of aromatic nitrogens is 1. The second-order valence-corrected chi connectivity index (χ2v) is 5.02. The molecule has 1 aromatic rings. The Labute approximate surface area is 103 Å². The molecule has 1 aromatic heterocycles. The van der Waals surface area contributed by atoms with Gasteiger partial charge in [0.1, 0.15) is 5.69 Å². The third kappa shape index (κ3) is 3.57. The smallest absolute Gasteiger partial charge is 0.273 e. The van der Waals surface area contributed by atoms with Crippen LogP contribution in [0.2, 0.25) is 0 Å². The van der Waals surface area contributed by atoms with Gasteiger partial charge in [0.05, 0.1) is 5.51 Å². The second kappa shape index (κ2) is 6.23. The Balaban J connectivity index is 2.67. The van der Waals surface area contributed by atoms with Crippen molar-refractivity contribution in [1.29, 1.82) is 0 Å². The molecular weight excluding hydrogens is 276 g/mol. The minimum absolute atomic E-state index is 0.0344. The molecule has 0 unspecified atom stereocenters. The van der Waals surface area contributed by atoms with E-state index in [0.717, 1.165) is 18.3 Å². The van der Waals surface area contributed by atoms with Gasteiger partial charge in [0.15, 0.2) is 0 Å². The van der Waals surface area contributed by atoms with Gasteiger partial charge in [-0.1, -0.05) is 15.9 Å². The summed E-state index contributed by atoms with van der Waals surface area (Å²) in [5.74, 6) is 0.0344. The van der Waals surface area contributed by atoms with Crippen LogP contribution in [-0.2, 0) is 0 Å². The molecule has 15 heavy (non-hydrogen) atoms.